The van der Waals surface area contributed by atoms with Crippen LogP contribution in [0.15, 0.2) is 53.7 Å². The molecule has 4 nitrogen and oxygen atoms in total. The molecule has 3 rings (SSSR count). The summed E-state index contributed by atoms with van der Waals surface area (Å²) >= 11 is 0. The van der Waals surface area contributed by atoms with E-state index in [1.54, 1.807) is 28.8 Å². The van der Waals surface area contributed by atoms with Crippen LogP contribution in [0.3, 0.4) is 0 Å². The van der Waals surface area contributed by atoms with E-state index in [0.717, 1.165) is 30.4 Å². The Bertz CT molecular complexity index is 727. The molecule has 2 aromatic rings. The van der Waals surface area contributed by atoms with Crippen molar-refractivity contribution in [1.82, 2.24) is 9.29 Å². The van der Waals surface area contributed by atoms with Gasteiger partial charge in [-0.1, -0.05) is 30.2 Å². The normalized spacial score (nSPS) is 20.0. The summed E-state index contributed by atoms with van der Waals surface area (Å²) in [5, 5.41) is 0. The molecule has 1 fully saturated rings. The van der Waals surface area contributed by atoms with Crippen molar-refractivity contribution in [3.8, 4) is 0 Å². The van der Waals surface area contributed by atoms with Crippen LogP contribution in [-0.4, -0.2) is 24.3 Å². The molecule has 5 heteroatoms. The molecule has 0 N–H and O–H groups in total. The van der Waals surface area contributed by atoms with Crippen molar-refractivity contribution in [2.24, 2.45) is 0 Å². The number of hydrogen-bond acceptors (Lipinski definition) is 3. The highest BCUT2D eigenvalue weighted by molar-refractivity contribution is 7.89. The van der Waals surface area contributed by atoms with Crippen molar-refractivity contribution >= 4 is 10.0 Å². The van der Waals surface area contributed by atoms with Crippen LogP contribution in [-0.2, 0) is 10.0 Å². The monoisotopic (exact) mass is 316 g/mol. The lowest BCUT2D eigenvalue weighted by Crippen LogP contribution is -2.38. The van der Waals surface area contributed by atoms with Crippen LogP contribution in [0, 0.1) is 6.92 Å². The second-order valence-corrected chi connectivity index (χ2v) is 7.62. The van der Waals surface area contributed by atoms with Gasteiger partial charge in [0.25, 0.3) is 0 Å². The molecule has 1 aliphatic rings. The molecule has 1 atom stereocenters. The first-order valence-electron chi connectivity index (χ1n) is 7.57. The molecule has 116 valence electrons. The number of aromatic nitrogens is 1. The summed E-state index contributed by atoms with van der Waals surface area (Å²) in [7, 11) is -3.47. The Labute approximate surface area is 131 Å². The Balaban J connectivity index is 1.98. The molecule has 0 bridgehead atoms. The molecule has 1 aromatic carbocycles. The van der Waals surface area contributed by atoms with Gasteiger partial charge in [0.2, 0.25) is 10.0 Å². The summed E-state index contributed by atoms with van der Waals surface area (Å²) < 4.78 is 27.6. The van der Waals surface area contributed by atoms with Gasteiger partial charge in [-0.15, -0.1) is 0 Å². The van der Waals surface area contributed by atoms with Crippen LogP contribution < -0.4 is 0 Å². The second-order valence-electron chi connectivity index (χ2n) is 5.73. The van der Waals surface area contributed by atoms with Gasteiger partial charge in [0, 0.05) is 18.9 Å². The van der Waals surface area contributed by atoms with E-state index in [1.807, 2.05) is 31.2 Å². The molecule has 22 heavy (non-hydrogen) atoms. The van der Waals surface area contributed by atoms with Crippen LogP contribution in [0.25, 0.3) is 0 Å². The molecule has 2 heterocycles. The Hall–Kier alpha value is -1.72. The highest BCUT2D eigenvalue weighted by Gasteiger charge is 2.34. The van der Waals surface area contributed by atoms with Crippen molar-refractivity contribution in [3.63, 3.8) is 0 Å². The molecule has 0 amide bonds. The Morgan fingerprint density at radius 2 is 1.91 bits per heavy atom. The maximum Gasteiger partial charge on any atom is 0.243 e. The van der Waals surface area contributed by atoms with Crippen LogP contribution in [0.5, 0.6) is 0 Å². The number of benzene rings is 1. The third-order valence-corrected chi connectivity index (χ3v) is 6.07. The van der Waals surface area contributed by atoms with E-state index in [1.165, 1.54) is 0 Å². The van der Waals surface area contributed by atoms with Gasteiger partial charge >= 0.3 is 0 Å². The largest absolute Gasteiger partial charge is 0.264 e. The number of sulfonamides is 1. The molecule has 1 aromatic heterocycles. The van der Waals surface area contributed by atoms with Gasteiger partial charge in [-0.25, -0.2) is 8.42 Å². The highest BCUT2D eigenvalue weighted by atomic mass is 32.2. The predicted octanol–water partition coefficient (Wildman–Crippen LogP) is 3.31. The lowest BCUT2D eigenvalue weighted by atomic mass is 9.99. The molecular formula is C17H20N2O2S. The van der Waals surface area contributed by atoms with Crippen molar-refractivity contribution in [1.29, 1.82) is 0 Å². The van der Waals surface area contributed by atoms with Crippen molar-refractivity contribution in [2.45, 2.75) is 37.1 Å². The first kappa shape index (κ1) is 15.2. The number of hydrogen-bond donors (Lipinski definition) is 0. The van der Waals surface area contributed by atoms with E-state index in [4.69, 9.17) is 0 Å². The fraction of sp³-hybridized carbons (Fsp3) is 0.353. The summed E-state index contributed by atoms with van der Waals surface area (Å²) in [6.45, 7) is 2.52. The van der Waals surface area contributed by atoms with E-state index in [9.17, 15) is 8.42 Å². The summed E-state index contributed by atoms with van der Waals surface area (Å²) in [4.78, 5) is 4.51. The zero-order chi connectivity index (χ0) is 15.6. The molecule has 0 aliphatic carbocycles. The summed E-state index contributed by atoms with van der Waals surface area (Å²) in [6, 6.07) is 10.8. The zero-order valence-electron chi connectivity index (χ0n) is 12.6. The number of rotatable bonds is 3. The smallest absolute Gasteiger partial charge is 0.243 e. The fourth-order valence-electron chi connectivity index (χ4n) is 2.94. The van der Waals surface area contributed by atoms with Crippen molar-refractivity contribution in [3.05, 3.63) is 59.9 Å². The molecule has 0 saturated carbocycles. The standard InChI is InChI=1S/C17H20N2O2S/c1-14-7-9-16(10-8-14)22(20,21)19-12-3-2-6-17(19)15-5-4-11-18-13-15/h4-5,7-11,13,17H,2-3,6,12H2,1H3. The minimum atomic E-state index is -3.47. The first-order valence-corrected chi connectivity index (χ1v) is 9.01. The third kappa shape index (κ3) is 2.91. The van der Waals surface area contributed by atoms with Gasteiger partial charge in [0.05, 0.1) is 10.9 Å². The summed E-state index contributed by atoms with van der Waals surface area (Å²) in [6.07, 6.45) is 6.27. The van der Waals surface area contributed by atoms with Crippen LogP contribution in [0.1, 0.15) is 36.4 Å². The fourth-order valence-corrected chi connectivity index (χ4v) is 4.63. The lowest BCUT2D eigenvalue weighted by Gasteiger charge is -2.34. The SMILES string of the molecule is Cc1ccc(S(=O)(=O)N2CCCCC2c2cccnc2)cc1. The first-order chi connectivity index (χ1) is 10.6. The van der Waals surface area contributed by atoms with Crippen LogP contribution >= 0.6 is 0 Å². The average Bonchev–Trinajstić information content (AvgIpc) is 2.56. The van der Waals surface area contributed by atoms with Gasteiger partial charge in [-0.05, 0) is 43.5 Å². The van der Waals surface area contributed by atoms with E-state index in [2.05, 4.69) is 4.98 Å². The molecule has 0 radical (unpaired) electrons. The van der Waals surface area contributed by atoms with Gasteiger partial charge in [-0.3, -0.25) is 4.98 Å². The third-order valence-electron chi connectivity index (χ3n) is 4.15. The minimum absolute atomic E-state index is 0.117. The number of aryl methyl sites for hydroxylation is 1. The Kier molecular flexibility index (Phi) is 4.27. The van der Waals surface area contributed by atoms with Crippen molar-refractivity contribution < 1.29 is 8.42 Å². The van der Waals surface area contributed by atoms with Gasteiger partial charge < -0.3 is 0 Å². The highest BCUT2D eigenvalue weighted by Crippen LogP contribution is 2.35. The van der Waals surface area contributed by atoms with E-state index < -0.39 is 10.0 Å². The van der Waals surface area contributed by atoms with Gasteiger partial charge in [0.15, 0.2) is 0 Å². The van der Waals surface area contributed by atoms with Crippen molar-refractivity contribution in [2.75, 3.05) is 6.54 Å². The quantitative estimate of drug-likeness (QED) is 0.873. The average molecular weight is 316 g/mol. The summed E-state index contributed by atoms with van der Waals surface area (Å²) in [5.74, 6) is 0. The predicted molar refractivity (Wildman–Crippen MR) is 85.9 cm³/mol. The molecular weight excluding hydrogens is 296 g/mol. The van der Waals surface area contributed by atoms with Crippen LogP contribution in [0.4, 0.5) is 0 Å². The molecule has 0 spiro atoms. The molecule has 1 unspecified atom stereocenters. The van der Waals surface area contributed by atoms with E-state index >= 15 is 0 Å². The molecule has 1 aliphatic heterocycles. The number of pyridine rings is 1. The van der Waals surface area contributed by atoms with E-state index in [-0.39, 0.29) is 6.04 Å². The Morgan fingerprint density at radius 3 is 2.59 bits per heavy atom. The van der Waals surface area contributed by atoms with Gasteiger partial charge in [0.1, 0.15) is 0 Å². The molecule has 1 saturated heterocycles. The topological polar surface area (TPSA) is 50.3 Å². The lowest BCUT2D eigenvalue weighted by molar-refractivity contribution is 0.255. The summed E-state index contributed by atoms with van der Waals surface area (Å²) in [5.41, 5.74) is 2.03. The number of piperidine rings is 1. The van der Waals surface area contributed by atoms with E-state index in [0.29, 0.717) is 11.4 Å². The second kappa shape index (κ2) is 6.18. The maximum absolute atomic E-state index is 13.0. The Morgan fingerprint density at radius 1 is 1.14 bits per heavy atom. The number of nitrogens with zero attached hydrogens (tertiary/aromatic N) is 2. The van der Waals surface area contributed by atoms with Gasteiger partial charge in [-0.2, -0.15) is 4.31 Å². The zero-order valence-corrected chi connectivity index (χ0v) is 13.5. The maximum atomic E-state index is 13.0. The minimum Gasteiger partial charge on any atom is -0.264 e. The van der Waals surface area contributed by atoms with Crippen LogP contribution in [0.2, 0.25) is 0 Å².